The molecule has 2 rings (SSSR count). The number of aromatic amines is 1. The molecule has 2 N–H and O–H groups in total. The Morgan fingerprint density at radius 2 is 2.21 bits per heavy atom. The van der Waals surface area contributed by atoms with Gasteiger partial charge in [-0.1, -0.05) is 0 Å². The second-order valence-electron chi connectivity index (χ2n) is 4.53. The smallest absolute Gasteiger partial charge is 0.262 e. The van der Waals surface area contributed by atoms with Gasteiger partial charge in [0.25, 0.3) is 10.0 Å². The summed E-state index contributed by atoms with van der Waals surface area (Å²) in [7, 11) is -1.77. The summed E-state index contributed by atoms with van der Waals surface area (Å²) in [5.41, 5.74) is 1.48. The molecule has 1 aromatic rings. The molecular formula is C11H20N4O3S. The first-order chi connectivity index (χ1) is 9.07. The second kappa shape index (κ2) is 6.00. The van der Waals surface area contributed by atoms with Crippen LogP contribution in [0.2, 0.25) is 0 Å². The molecule has 1 saturated heterocycles. The maximum absolute atomic E-state index is 12.6. The van der Waals surface area contributed by atoms with Crippen molar-refractivity contribution in [2.45, 2.75) is 24.9 Å². The number of nitrogens with zero attached hydrogens (tertiary/aromatic N) is 2. The van der Waals surface area contributed by atoms with E-state index >= 15 is 0 Å². The number of hydrogen-bond acceptors (Lipinski definition) is 5. The molecule has 108 valence electrons. The number of sulfonamides is 1. The number of nitrogens with one attached hydrogen (secondary N) is 2. The Balaban J connectivity index is 2.32. The van der Waals surface area contributed by atoms with Crippen LogP contribution >= 0.6 is 0 Å². The fourth-order valence-electron chi connectivity index (χ4n) is 2.11. The van der Waals surface area contributed by atoms with Crippen LogP contribution in [0, 0.1) is 6.92 Å². The number of aryl methyl sites for hydroxylation is 1. The third-order valence-electron chi connectivity index (χ3n) is 3.15. The molecule has 2 heterocycles. The van der Waals surface area contributed by atoms with Crippen LogP contribution in [-0.2, 0) is 21.3 Å². The summed E-state index contributed by atoms with van der Waals surface area (Å²) in [5.74, 6) is 0. The summed E-state index contributed by atoms with van der Waals surface area (Å²) in [6, 6.07) is 0. The predicted molar refractivity (Wildman–Crippen MR) is 70.3 cm³/mol. The summed E-state index contributed by atoms with van der Waals surface area (Å²) in [6.45, 7) is 4.20. The van der Waals surface area contributed by atoms with E-state index in [0.29, 0.717) is 44.8 Å². The molecule has 1 aliphatic heterocycles. The molecule has 0 unspecified atom stereocenters. The van der Waals surface area contributed by atoms with E-state index in [2.05, 4.69) is 15.5 Å². The van der Waals surface area contributed by atoms with Gasteiger partial charge in [-0.05, 0) is 20.4 Å². The van der Waals surface area contributed by atoms with Crippen LogP contribution in [-0.4, -0.2) is 56.3 Å². The van der Waals surface area contributed by atoms with Crippen molar-refractivity contribution in [3.05, 3.63) is 11.3 Å². The minimum atomic E-state index is -3.55. The van der Waals surface area contributed by atoms with E-state index in [-0.39, 0.29) is 5.03 Å². The summed E-state index contributed by atoms with van der Waals surface area (Å²) < 4.78 is 32.0. The first-order valence-electron chi connectivity index (χ1n) is 6.33. The second-order valence-corrected chi connectivity index (χ2v) is 6.39. The first kappa shape index (κ1) is 14.4. The van der Waals surface area contributed by atoms with Gasteiger partial charge < -0.3 is 10.1 Å². The topological polar surface area (TPSA) is 87.3 Å². The van der Waals surface area contributed by atoms with E-state index in [4.69, 9.17) is 4.74 Å². The number of H-pyrrole nitrogens is 1. The number of hydrogen-bond donors (Lipinski definition) is 2. The predicted octanol–water partition coefficient (Wildman–Crippen LogP) is -0.151. The molecule has 0 bridgehead atoms. The highest BCUT2D eigenvalue weighted by molar-refractivity contribution is 7.89. The lowest BCUT2D eigenvalue weighted by molar-refractivity contribution is 0.148. The SMILES string of the molecule is CNCc1c(S(=O)(=O)N2CCCOCC2)n[nH]c1C. The van der Waals surface area contributed by atoms with Crippen molar-refractivity contribution in [2.75, 3.05) is 33.4 Å². The van der Waals surface area contributed by atoms with Crippen molar-refractivity contribution in [3.63, 3.8) is 0 Å². The van der Waals surface area contributed by atoms with Gasteiger partial charge >= 0.3 is 0 Å². The molecule has 0 saturated carbocycles. The molecule has 0 aliphatic carbocycles. The lowest BCUT2D eigenvalue weighted by Gasteiger charge is -2.18. The standard InChI is InChI=1S/C11H20N4O3S/c1-9-10(8-12-2)11(14-13-9)19(16,17)15-4-3-6-18-7-5-15/h12H,3-8H2,1-2H3,(H,13,14). The Morgan fingerprint density at radius 1 is 1.42 bits per heavy atom. The number of ether oxygens (including phenoxy) is 1. The van der Waals surface area contributed by atoms with Crippen LogP contribution in [0.3, 0.4) is 0 Å². The average Bonchev–Trinajstić information content (AvgIpc) is 2.61. The maximum atomic E-state index is 12.6. The summed E-state index contributed by atoms with van der Waals surface area (Å²) >= 11 is 0. The molecule has 0 amide bonds. The highest BCUT2D eigenvalue weighted by Crippen LogP contribution is 2.21. The maximum Gasteiger partial charge on any atom is 0.262 e. The Hall–Kier alpha value is -0.960. The molecule has 0 atom stereocenters. The number of aromatic nitrogens is 2. The van der Waals surface area contributed by atoms with Crippen LogP contribution in [0.15, 0.2) is 5.03 Å². The highest BCUT2D eigenvalue weighted by atomic mass is 32.2. The molecule has 0 spiro atoms. The molecule has 1 fully saturated rings. The lowest BCUT2D eigenvalue weighted by Crippen LogP contribution is -2.34. The van der Waals surface area contributed by atoms with Gasteiger partial charge in [0, 0.05) is 37.5 Å². The summed E-state index contributed by atoms with van der Waals surface area (Å²) in [4.78, 5) is 0. The monoisotopic (exact) mass is 288 g/mol. The van der Waals surface area contributed by atoms with Crippen molar-refractivity contribution in [3.8, 4) is 0 Å². The molecule has 19 heavy (non-hydrogen) atoms. The quantitative estimate of drug-likeness (QED) is 0.804. The van der Waals surface area contributed by atoms with E-state index in [1.54, 1.807) is 7.05 Å². The summed E-state index contributed by atoms with van der Waals surface area (Å²) in [5, 5.41) is 9.83. The van der Waals surface area contributed by atoms with Gasteiger partial charge in [-0.3, -0.25) is 5.10 Å². The van der Waals surface area contributed by atoms with Crippen LogP contribution in [0.4, 0.5) is 0 Å². The minimum Gasteiger partial charge on any atom is -0.380 e. The van der Waals surface area contributed by atoms with Crippen LogP contribution in [0.25, 0.3) is 0 Å². The van der Waals surface area contributed by atoms with E-state index in [0.717, 1.165) is 5.69 Å². The zero-order valence-corrected chi connectivity index (χ0v) is 12.1. The van der Waals surface area contributed by atoms with Gasteiger partial charge in [0.1, 0.15) is 0 Å². The molecule has 1 aromatic heterocycles. The largest absolute Gasteiger partial charge is 0.380 e. The van der Waals surface area contributed by atoms with E-state index < -0.39 is 10.0 Å². The average molecular weight is 288 g/mol. The molecule has 1 aliphatic rings. The fourth-order valence-corrected chi connectivity index (χ4v) is 3.74. The zero-order valence-electron chi connectivity index (χ0n) is 11.3. The Bertz CT molecular complexity index is 518. The van der Waals surface area contributed by atoms with Crippen LogP contribution in [0.5, 0.6) is 0 Å². The van der Waals surface area contributed by atoms with Crippen molar-refractivity contribution in [2.24, 2.45) is 0 Å². The van der Waals surface area contributed by atoms with Crippen molar-refractivity contribution in [1.29, 1.82) is 0 Å². The minimum absolute atomic E-state index is 0.126. The van der Waals surface area contributed by atoms with Gasteiger partial charge in [-0.15, -0.1) is 0 Å². The molecule has 7 nitrogen and oxygen atoms in total. The molecule has 0 radical (unpaired) electrons. The fraction of sp³-hybridized carbons (Fsp3) is 0.727. The first-order valence-corrected chi connectivity index (χ1v) is 7.77. The summed E-state index contributed by atoms with van der Waals surface area (Å²) in [6.07, 6.45) is 0.712. The van der Waals surface area contributed by atoms with Gasteiger partial charge in [-0.2, -0.15) is 9.40 Å². The third kappa shape index (κ3) is 2.97. The number of rotatable bonds is 4. The van der Waals surface area contributed by atoms with Crippen LogP contribution < -0.4 is 5.32 Å². The zero-order chi connectivity index (χ0) is 13.9. The van der Waals surface area contributed by atoms with Crippen molar-refractivity contribution in [1.82, 2.24) is 19.8 Å². The Morgan fingerprint density at radius 3 is 2.95 bits per heavy atom. The molecular weight excluding hydrogens is 268 g/mol. The third-order valence-corrected chi connectivity index (χ3v) is 5.03. The van der Waals surface area contributed by atoms with Gasteiger partial charge in [0.15, 0.2) is 5.03 Å². The van der Waals surface area contributed by atoms with Gasteiger partial charge in [0.05, 0.1) is 6.61 Å². The molecule has 0 aromatic carbocycles. The van der Waals surface area contributed by atoms with Crippen molar-refractivity contribution >= 4 is 10.0 Å². The van der Waals surface area contributed by atoms with E-state index in [1.807, 2.05) is 6.92 Å². The van der Waals surface area contributed by atoms with Gasteiger partial charge in [0.2, 0.25) is 0 Å². The van der Waals surface area contributed by atoms with Crippen molar-refractivity contribution < 1.29 is 13.2 Å². The Kier molecular flexibility index (Phi) is 4.56. The highest BCUT2D eigenvalue weighted by Gasteiger charge is 2.30. The lowest BCUT2D eigenvalue weighted by atomic mass is 10.3. The molecule has 8 heteroatoms. The Labute approximate surface area is 113 Å². The normalized spacial score (nSPS) is 18.4. The van der Waals surface area contributed by atoms with E-state index in [1.165, 1.54) is 4.31 Å². The van der Waals surface area contributed by atoms with E-state index in [9.17, 15) is 8.42 Å². The van der Waals surface area contributed by atoms with Gasteiger partial charge in [-0.25, -0.2) is 8.42 Å². The van der Waals surface area contributed by atoms with Crippen LogP contribution in [0.1, 0.15) is 17.7 Å².